The van der Waals surface area contributed by atoms with Gasteiger partial charge in [0.15, 0.2) is 6.10 Å². The average Bonchev–Trinajstić information content (AvgIpc) is 2.31. The monoisotopic (exact) mass is 312 g/mol. The molecule has 1 heterocycles. The van der Waals surface area contributed by atoms with E-state index in [1.165, 1.54) is 0 Å². The zero-order chi connectivity index (χ0) is 13.3. The Labute approximate surface area is 113 Å². The van der Waals surface area contributed by atoms with E-state index in [9.17, 15) is 9.59 Å². The number of halogens is 1. The van der Waals surface area contributed by atoms with Crippen molar-refractivity contribution in [1.29, 1.82) is 0 Å². The molecule has 1 aliphatic rings. The van der Waals surface area contributed by atoms with E-state index in [1.807, 2.05) is 13.1 Å². The summed E-state index contributed by atoms with van der Waals surface area (Å²) < 4.78 is 5.47. The minimum atomic E-state index is -0.658. The van der Waals surface area contributed by atoms with Gasteiger partial charge in [0.1, 0.15) is 5.75 Å². The van der Waals surface area contributed by atoms with E-state index in [1.54, 1.807) is 19.1 Å². The maximum Gasteiger partial charge on any atom is 0.301 e. The predicted molar refractivity (Wildman–Crippen MR) is 71.1 cm³/mol. The Morgan fingerprint density at radius 3 is 2.89 bits per heavy atom. The van der Waals surface area contributed by atoms with Crippen LogP contribution in [0.3, 0.4) is 0 Å². The predicted octanol–water partition coefficient (Wildman–Crippen LogP) is 2.03. The third-order valence-corrected chi connectivity index (χ3v) is 3.05. The smallest absolute Gasteiger partial charge is 0.301 e. The number of nitrogens with zero attached hydrogens (tertiary/aromatic N) is 1. The van der Waals surface area contributed by atoms with Crippen molar-refractivity contribution in [3.63, 3.8) is 0 Å². The number of ether oxygens (including phenoxy) is 1. The lowest BCUT2D eigenvalue weighted by atomic mass is 10.1. The molecular formula is C12H13BrN2O3. The molecule has 18 heavy (non-hydrogen) atoms. The molecule has 1 N–H and O–H groups in total. The van der Waals surface area contributed by atoms with Crippen LogP contribution in [0, 0.1) is 0 Å². The van der Waals surface area contributed by atoms with Crippen LogP contribution < -0.4 is 15.0 Å². The van der Waals surface area contributed by atoms with Crippen molar-refractivity contribution in [3.05, 3.63) is 23.8 Å². The van der Waals surface area contributed by atoms with Crippen molar-refractivity contribution >= 4 is 32.3 Å². The van der Waals surface area contributed by atoms with E-state index < -0.39 is 10.9 Å². The van der Waals surface area contributed by atoms with E-state index in [0.29, 0.717) is 18.0 Å². The van der Waals surface area contributed by atoms with E-state index in [4.69, 9.17) is 4.74 Å². The second-order valence-electron chi connectivity index (χ2n) is 4.02. The molecule has 0 aliphatic carbocycles. The summed E-state index contributed by atoms with van der Waals surface area (Å²) >= 11 is 2.83. The normalized spacial score (nSPS) is 18.3. The molecule has 0 bridgehead atoms. The third kappa shape index (κ3) is 2.26. The van der Waals surface area contributed by atoms with E-state index in [-0.39, 0.29) is 5.91 Å². The Kier molecular flexibility index (Phi) is 3.68. The molecule has 0 aromatic heterocycles. The van der Waals surface area contributed by atoms with Crippen LogP contribution >= 0.6 is 15.9 Å². The largest absolute Gasteiger partial charge is 0.479 e. The van der Waals surface area contributed by atoms with Crippen molar-refractivity contribution in [3.8, 4) is 5.75 Å². The van der Waals surface area contributed by atoms with Crippen molar-refractivity contribution in [2.75, 3.05) is 11.9 Å². The molecular weight excluding hydrogens is 300 g/mol. The molecule has 1 aliphatic heterocycles. The summed E-state index contributed by atoms with van der Waals surface area (Å²) in [6.45, 7) is 2.27. The number of rotatable bonds is 2. The third-order valence-electron chi connectivity index (χ3n) is 2.69. The first kappa shape index (κ1) is 13.0. The molecule has 96 valence electrons. The molecule has 0 fully saturated rings. The maximum absolute atomic E-state index is 11.9. The number of nitrogens with one attached hydrogen (secondary N) is 1. The highest BCUT2D eigenvalue weighted by Crippen LogP contribution is 2.35. The highest BCUT2D eigenvalue weighted by molar-refractivity contribution is 9.18. The van der Waals surface area contributed by atoms with E-state index in [2.05, 4.69) is 21.2 Å². The van der Waals surface area contributed by atoms with Gasteiger partial charge in [0.05, 0.1) is 5.69 Å². The molecule has 1 aromatic rings. The zero-order valence-corrected chi connectivity index (χ0v) is 11.7. The molecule has 2 amide bonds. The van der Waals surface area contributed by atoms with Crippen LogP contribution in [0.1, 0.15) is 12.5 Å². The number of amides is 2. The number of anilines is 1. The zero-order valence-electron chi connectivity index (χ0n) is 10.1. The Morgan fingerprint density at radius 1 is 1.56 bits per heavy atom. The molecule has 0 saturated carbocycles. The average molecular weight is 313 g/mol. The molecule has 6 heteroatoms. The number of hydrogen-bond acceptors (Lipinski definition) is 4. The fourth-order valence-electron chi connectivity index (χ4n) is 1.87. The first-order valence-electron chi connectivity index (χ1n) is 5.52. The van der Waals surface area contributed by atoms with Gasteiger partial charge in [-0.25, -0.2) is 4.90 Å². The van der Waals surface area contributed by atoms with Gasteiger partial charge in [-0.1, -0.05) is 6.07 Å². The second kappa shape index (κ2) is 5.07. The summed E-state index contributed by atoms with van der Waals surface area (Å²) in [5, 5.41) is 3.01. The molecule has 1 unspecified atom stereocenters. The van der Waals surface area contributed by atoms with Crippen molar-refractivity contribution in [1.82, 2.24) is 5.32 Å². The lowest BCUT2D eigenvalue weighted by molar-refractivity contribution is -0.124. The summed E-state index contributed by atoms with van der Waals surface area (Å²) in [5.74, 6) is 0.167. The minimum Gasteiger partial charge on any atom is -0.479 e. The fraction of sp³-hybridized carbons (Fsp3) is 0.333. The van der Waals surface area contributed by atoms with Crippen LogP contribution in [0.5, 0.6) is 5.75 Å². The Hall–Kier alpha value is -1.40. The van der Waals surface area contributed by atoms with Crippen molar-refractivity contribution in [2.45, 2.75) is 19.6 Å². The van der Waals surface area contributed by atoms with Crippen LogP contribution in [-0.4, -0.2) is 23.9 Å². The van der Waals surface area contributed by atoms with Crippen molar-refractivity contribution < 1.29 is 14.3 Å². The summed E-state index contributed by atoms with van der Waals surface area (Å²) in [4.78, 5) is 24.1. The molecule has 5 nitrogen and oxygen atoms in total. The van der Waals surface area contributed by atoms with Crippen LogP contribution in [0.25, 0.3) is 0 Å². The molecule has 0 spiro atoms. The van der Waals surface area contributed by atoms with Crippen molar-refractivity contribution in [2.24, 2.45) is 0 Å². The SMILES string of the molecule is CNCc1ccc2c(c1)N(C(=O)Br)C(=O)C(C)O2. The van der Waals surface area contributed by atoms with Crippen LogP contribution in [0.15, 0.2) is 18.2 Å². The van der Waals surface area contributed by atoms with E-state index >= 15 is 0 Å². The number of fused-ring (bicyclic) bond motifs is 1. The van der Waals surface area contributed by atoms with Gasteiger partial charge in [-0.15, -0.1) is 0 Å². The highest BCUT2D eigenvalue weighted by atomic mass is 79.9. The molecule has 2 rings (SSSR count). The number of carbonyl (C=O) groups excluding carboxylic acids is 2. The number of imide groups is 1. The summed E-state index contributed by atoms with van der Waals surface area (Å²) in [6.07, 6.45) is -0.658. The van der Waals surface area contributed by atoms with Gasteiger partial charge < -0.3 is 10.1 Å². The maximum atomic E-state index is 11.9. The Morgan fingerprint density at radius 2 is 2.28 bits per heavy atom. The number of hydrogen-bond donors (Lipinski definition) is 1. The first-order valence-corrected chi connectivity index (χ1v) is 6.31. The summed E-state index contributed by atoms with van der Waals surface area (Å²) in [7, 11) is 1.83. The van der Waals surface area contributed by atoms with Gasteiger partial charge >= 0.3 is 4.82 Å². The Balaban J connectivity index is 2.48. The molecule has 1 atom stereocenters. The van der Waals surface area contributed by atoms with Crippen LogP contribution in [0.2, 0.25) is 0 Å². The minimum absolute atomic E-state index is 0.369. The lowest BCUT2D eigenvalue weighted by Crippen LogP contribution is -2.45. The molecule has 0 radical (unpaired) electrons. The number of benzene rings is 1. The fourth-order valence-corrected chi connectivity index (χ4v) is 2.24. The van der Waals surface area contributed by atoms with Gasteiger partial charge in [0.2, 0.25) is 0 Å². The highest BCUT2D eigenvalue weighted by Gasteiger charge is 2.34. The lowest BCUT2D eigenvalue weighted by Gasteiger charge is -2.30. The molecule has 0 saturated heterocycles. The summed E-state index contributed by atoms with van der Waals surface area (Å²) in [5.41, 5.74) is 1.45. The second-order valence-corrected chi connectivity index (χ2v) is 4.70. The summed E-state index contributed by atoms with van der Waals surface area (Å²) in [6, 6.07) is 5.44. The van der Waals surface area contributed by atoms with Gasteiger partial charge in [-0.3, -0.25) is 9.59 Å². The topological polar surface area (TPSA) is 58.6 Å². The Bertz CT molecular complexity index is 504. The number of carbonyl (C=O) groups is 2. The standard InChI is InChI=1S/C12H13BrN2O3/c1-7-11(16)15(12(13)17)9-5-8(6-14-2)3-4-10(9)18-7/h3-5,7,14H,6H2,1-2H3. The van der Waals surface area contributed by atoms with Gasteiger partial charge in [0, 0.05) is 22.5 Å². The van der Waals surface area contributed by atoms with Crippen LogP contribution in [0.4, 0.5) is 10.5 Å². The first-order chi connectivity index (χ1) is 8.54. The quantitative estimate of drug-likeness (QED) is 0.670. The van der Waals surface area contributed by atoms with Gasteiger partial charge in [-0.05, 0) is 31.7 Å². The van der Waals surface area contributed by atoms with Crippen LogP contribution in [-0.2, 0) is 11.3 Å². The molecule has 1 aromatic carbocycles. The van der Waals surface area contributed by atoms with Gasteiger partial charge in [-0.2, -0.15) is 0 Å². The van der Waals surface area contributed by atoms with Gasteiger partial charge in [0.25, 0.3) is 5.91 Å². The van der Waals surface area contributed by atoms with E-state index in [0.717, 1.165) is 10.5 Å².